The summed E-state index contributed by atoms with van der Waals surface area (Å²) in [5, 5.41) is 0. The standard InChI is InChI=1S/C10H19N/c1-11-8-4-7-10(9-11)5-2-3-6-10/h2-9H2,1H3. The molecule has 0 amide bonds. The lowest BCUT2D eigenvalue weighted by Gasteiger charge is -2.38. The highest BCUT2D eigenvalue weighted by Crippen LogP contribution is 2.44. The highest BCUT2D eigenvalue weighted by Gasteiger charge is 2.36. The van der Waals surface area contributed by atoms with Gasteiger partial charge in [0.2, 0.25) is 0 Å². The maximum Gasteiger partial charge on any atom is 0.00349 e. The Morgan fingerprint density at radius 1 is 1.00 bits per heavy atom. The summed E-state index contributed by atoms with van der Waals surface area (Å²) in [7, 11) is 2.28. The van der Waals surface area contributed by atoms with Gasteiger partial charge in [0.25, 0.3) is 0 Å². The highest BCUT2D eigenvalue weighted by atomic mass is 15.1. The van der Waals surface area contributed by atoms with Gasteiger partial charge in [-0.1, -0.05) is 12.8 Å². The molecular formula is C10H19N. The molecule has 0 bridgehead atoms. The van der Waals surface area contributed by atoms with Crippen LogP contribution in [0.25, 0.3) is 0 Å². The molecule has 1 saturated heterocycles. The van der Waals surface area contributed by atoms with Crippen LogP contribution in [0.4, 0.5) is 0 Å². The lowest BCUT2D eigenvalue weighted by Crippen LogP contribution is -2.39. The molecule has 1 nitrogen and oxygen atoms in total. The van der Waals surface area contributed by atoms with E-state index in [9.17, 15) is 0 Å². The van der Waals surface area contributed by atoms with Gasteiger partial charge in [0.05, 0.1) is 0 Å². The van der Waals surface area contributed by atoms with Gasteiger partial charge in [-0.3, -0.25) is 0 Å². The van der Waals surface area contributed by atoms with E-state index >= 15 is 0 Å². The van der Waals surface area contributed by atoms with Gasteiger partial charge < -0.3 is 4.90 Å². The Balaban J connectivity index is 2.00. The van der Waals surface area contributed by atoms with Gasteiger partial charge in [0, 0.05) is 6.54 Å². The SMILES string of the molecule is CN1CCCC2(CCCC2)C1. The highest BCUT2D eigenvalue weighted by molar-refractivity contribution is 4.89. The van der Waals surface area contributed by atoms with Crippen molar-refractivity contribution in [2.24, 2.45) is 5.41 Å². The van der Waals surface area contributed by atoms with E-state index in [1.807, 2.05) is 0 Å². The van der Waals surface area contributed by atoms with E-state index in [2.05, 4.69) is 11.9 Å². The van der Waals surface area contributed by atoms with Crippen LogP contribution < -0.4 is 0 Å². The van der Waals surface area contributed by atoms with E-state index < -0.39 is 0 Å². The molecule has 1 aliphatic carbocycles. The molecule has 2 fully saturated rings. The van der Waals surface area contributed by atoms with Crippen LogP contribution in [0.2, 0.25) is 0 Å². The molecule has 0 aromatic carbocycles. The fraction of sp³-hybridized carbons (Fsp3) is 1.00. The van der Waals surface area contributed by atoms with Gasteiger partial charge in [0.15, 0.2) is 0 Å². The second kappa shape index (κ2) is 2.78. The zero-order chi connectivity index (χ0) is 7.73. The van der Waals surface area contributed by atoms with E-state index in [0.717, 1.165) is 5.41 Å². The zero-order valence-corrected chi connectivity index (χ0v) is 7.60. The lowest BCUT2D eigenvalue weighted by molar-refractivity contribution is 0.114. The lowest BCUT2D eigenvalue weighted by atomic mass is 9.79. The predicted molar refractivity (Wildman–Crippen MR) is 47.6 cm³/mol. The first-order valence-corrected chi connectivity index (χ1v) is 4.99. The average molecular weight is 153 g/mol. The minimum atomic E-state index is 0.771. The second-order valence-corrected chi connectivity index (χ2v) is 4.55. The Kier molecular flexibility index (Phi) is 1.92. The summed E-state index contributed by atoms with van der Waals surface area (Å²) in [6, 6.07) is 0. The van der Waals surface area contributed by atoms with Crippen molar-refractivity contribution in [2.75, 3.05) is 20.1 Å². The summed E-state index contributed by atoms with van der Waals surface area (Å²) in [6.45, 7) is 2.72. The Labute approximate surface area is 69.8 Å². The first-order valence-electron chi connectivity index (χ1n) is 4.99. The molecule has 2 rings (SSSR count). The number of hydrogen-bond acceptors (Lipinski definition) is 1. The summed E-state index contributed by atoms with van der Waals surface area (Å²) in [4.78, 5) is 2.52. The monoisotopic (exact) mass is 153 g/mol. The van der Waals surface area contributed by atoms with Crippen molar-refractivity contribution in [3.63, 3.8) is 0 Å². The zero-order valence-electron chi connectivity index (χ0n) is 7.60. The van der Waals surface area contributed by atoms with Crippen molar-refractivity contribution in [1.82, 2.24) is 4.90 Å². The Bertz CT molecular complexity index is 136. The van der Waals surface area contributed by atoms with Crippen LogP contribution in [-0.4, -0.2) is 25.0 Å². The molecule has 0 aromatic rings. The van der Waals surface area contributed by atoms with Gasteiger partial charge >= 0.3 is 0 Å². The van der Waals surface area contributed by atoms with Crippen molar-refractivity contribution >= 4 is 0 Å². The Morgan fingerprint density at radius 3 is 2.27 bits per heavy atom. The van der Waals surface area contributed by atoms with Crippen LogP contribution >= 0.6 is 0 Å². The maximum absolute atomic E-state index is 2.52. The van der Waals surface area contributed by atoms with E-state index in [1.165, 1.54) is 51.6 Å². The van der Waals surface area contributed by atoms with Crippen molar-refractivity contribution in [1.29, 1.82) is 0 Å². The van der Waals surface area contributed by atoms with Crippen molar-refractivity contribution in [3.8, 4) is 0 Å². The molecule has 64 valence electrons. The summed E-state index contributed by atoms with van der Waals surface area (Å²) >= 11 is 0. The number of rotatable bonds is 0. The molecular weight excluding hydrogens is 134 g/mol. The number of likely N-dealkylation sites (tertiary alicyclic amines) is 1. The summed E-state index contributed by atoms with van der Waals surface area (Å²) in [5.74, 6) is 0. The number of piperidine rings is 1. The Morgan fingerprint density at radius 2 is 1.64 bits per heavy atom. The third-order valence-electron chi connectivity index (χ3n) is 3.52. The van der Waals surface area contributed by atoms with Crippen LogP contribution in [0.15, 0.2) is 0 Å². The van der Waals surface area contributed by atoms with Crippen molar-refractivity contribution < 1.29 is 0 Å². The van der Waals surface area contributed by atoms with Crippen LogP contribution in [0, 0.1) is 5.41 Å². The van der Waals surface area contributed by atoms with Crippen LogP contribution in [0.5, 0.6) is 0 Å². The third-order valence-corrected chi connectivity index (χ3v) is 3.52. The summed E-state index contributed by atoms with van der Waals surface area (Å²) < 4.78 is 0. The molecule has 1 saturated carbocycles. The largest absolute Gasteiger partial charge is 0.306 e. The van der Waals surface area contributed by atoms with E-state index in [-0.39, 0.29) is 0 Å². The first-order chi connectivity index (χ1) is 5.31. The smallest absolute Gasteiger partial charge is 0.00349 e. The van der Waals surface area contributed by atoms with Gasteiger partial charge in [-0.05, 0) is 44.7 Å². The van der Waals surface area contributed by atoms with Crippen LogP contribution in [0.1, 0.15) is 38.5 Å². The van der Waals surface area contributed by atoms with E-state index in [4.69, 9.17) is 0 Å². The fourth-order valence-electron chi connectivity index (χ4n) is 2.99. The molecule has 11 heavy (non-hydrogen) atoms. The normalized spacial score (nSPS) is 31.4. The Hall–Kier alpha value is -0.0400. The van der Waals surface area contributed by atoms with E-state index in [0.29, 0.717) is 0 Å². The average Bonchev–Trinajstić information content (AvgIpc) is 2.37. The topological polar surface area (TPSA) is 3.24 Å². The van der Waals surface area contributed by atoms with Crippen molar-refractivity contribution in [3.05, 3.63) is 0 Å². The van der Waals surface area contributed by atoms with Crippen molar-refractivity contribution in [2.45, 2.75) is 38.5 Å². The van der Waals surface area contributed by atoms with Gasteiger partial charge in [-0.2, -0.15) is 0 Å². The molecule has 1 heterocycles. The summed E-state index contributed by atoms with van der Waals surface area (Å²) in [6.07, 6.45) is 8.96. The molecule has 0 unspecified atom stereocenters. The number of hydrogen-bond donors (Lipinski definition) is 0. The number of nitrogens with zero attached hydrogens (tertiary/aromatic N) is 1. The fourth-order valence-corrected chi connectivity index (χ4v) is 2.99. The van der Waals surface area contributed by atoms with E-state index in [1.54, 1.807) is 0 Å². The second-order valence-electron chi connectivity index (χ2n) is 4.55. The molecule has 2 aliphatic rings. The minimum absolute atomic E-state index is 0.771. The molecule has 1 spiro atoms. The van der Waals surface area contributed by atoms with Gasteiger partial charge in [-0.25, -0.2) is 0 Å². The molecule has 0 radical (unpaired) electrons. The summed E-state index contributed by atoms with van der Waals surface area (Å²) in [5.41, 5.74) is 0.771. The van der Waals surface area contributed by atoms with Gasteiger partial charge in [-0.15, -0.1) is 0 Å². The molecule has 0 aromatic heterocycles. The molecule has 0 atom stereocenters. The predicted octanol–water partition coefficient (Wildman–Crippen LogP) is 2.27. The third kappa shape index (κ3) is 1.44. The first kappa shape index (κ1) is 7.60. The minimum Gasteiger partial charge on any atom is -0.306 e. The maximum atomic E-state index is 2.52. The molecule has 1 heteroatoms. The van der Waals surface area contributed by atoms with Crippen LogP contribution in [-0.2, 0) is 0 Å². The van der Waals surface area contributed by atoms with Gasteiger partial charge in [0.1, 0.15) is 0 Å². The van der Waals surface area contributed by atoms with Crippen LogP contribution in [0.3, 0.4) is 0 Å². The quantitative estimate of drug-likeness (QED) is 0.516. The molecule has 0 N–H and O–H groups in total. The molecule has 1 aliphatic heterocycles.